The molecule has 4 N–H and O–H groups in total. The minimum Gasteiger partial charge on any atom is -0.391 e. The number of benzene rings is 2. The molecule has 2 aromatic carbocycles. The van der Waals surface area contributed by atoms with E-state index in [1.807, 2.05) is 18.0 Å². The van der Waals surface area contributed by atoms with E-state index < -0.39 is 11.2 Å². The molecule has 2 aliphatic rings. The standard InChI is InChI=1S/C32H44N4O2/c1-7-8-12-30(23(2)33-6)36-20-28-27(10-9-11-29(28)34-36)18-17-25-13-15-26(16-14-25)19-35-22-31(4,37)21-32(5,38)24(35)3/h7,9-11,13-16,30,33-34,37-38H,1-3,8,12,17-22H2,4-6H3. The van der Waals surface area contributed by atoms with Crippen LogP contribution in [0.4, 0.5) is 5.69 Å². The Morgan fingerprint density at radius 3 is 2.53 bits per heavy atom. The highest BCUT2D eigenvalue weighted by Crippen LogP contribution is 2.36. The maximum absolute atomic E-state index is 10.7. The first-order valence-electron chi connectivity index (χ1n) is 13.6. The molecule has 0 aliphatic carbocycles. The molecule has 0 bridgehead atoms. The van der Waals surface area contributed by atoms with Gasteiger partial charge in [0.05, 0.1) is 17.3 Å². The molecule has 3 atom stereocenters. The fraction of sp³-hybridized carbons (Fsp3) is 0.438. The zero-order valence-electron chi connectivity index (χ0n) is 23.3. The van der Waals surface area contributed by atoms with Crippen molar-refractivity contribution >= 4 is 5.69 Å². The molecule has 0 amide bonds. The molecule has 1 saturated heterocycles. The summed E-state index contributed by atoms with van der Waals surface area (Å²) in [6, 6.07) is 15.4. The van der Waals surface area contributed by atoms with Crippen LogP contribution in [0, 0.1) is 0 Å². The number of likely N-dealkylation sites (N-methyl/N-ethyl adjacent to an activating group) is 1. The Hall–Kier alpha value is -3.06. The third-order valence-corrected chi connectivity index (χ3v) is 7.95. The molecular weight excluding hydrogens is 472 g/mol. The highest BCUT2D eigenvalue weighted by atomic mass is 16.3. The maximum atomic E-state index is 10.7. The molecule has 0 spiro atoms. The summed E-state index contributed by atoms with van der Waals surface area (Å²) in [7, 11) is 1.93. The highest BCUT2D eigenvalue weighted by molar-refractivity contribution is 5.57. The van der Waals surface area contributed by atoms with Crippen LogP contribution in [-0.2, 0) is 25.9 Å². The Morgan fingerprint density at radius 1 is 1.13 bits per heavy atom. The third kappa shape index (κ3) is 6.32. The number of fused-ring (bicyclic) bond motifs is 1. The van der Waals surface area contributed by atoms with Gasteiger partial charge in [-0.2, -0.15) is 0 Å². The monoisotopic (exact) mass is 516 g/mol. The predicted octanol–water partition coefficient (Wildman–Crippen LogP) is 4.90. The van der Waals surface area contributed by atoms with Gasteiger partial charge in [-0.15, -0.1) is 6.58 Å². The smallest absolute Gasteiger partial charge is 0.104 e. The summed E-state index contributed by atoms with van der Waals surface area (Å²) in [6.45, 7) is 17.7. The van der Waals surface area contributed by atoms with Crippen molar-refractivity contribution in [2.45, 2.75) is 76.3 Å². The van der Waals surface area contributed by atoms with Crippen molar-refractivity contribution in [1.82, 2.24) is 15.2 Å². The lowest BCUT2D eigenvalue weighted by molar-refractivity contribution is -0.0869. The number of anilines is 1. The van der Waals surface area contributed by atoms with Crippen molar-refractivity contribution < 1.29 is 10.2 Å². The lowest BCUT2D eigenvalue weighted by Crippen LogP contribution is -2.55. The first-order valence-corrected chi connectivity index (χ1v) is 13.6. The van der Waals surface area contributed by atoms with Gasteiger partial charge in [0.25, 0.3) is 0 Å². The van der Waals surface area contributed by atoms with E-state index in [2.05, 4.69) is 78.0 Å². The fourth-order valence-electron chi connectivity index (χ4n) is 5.88. The van der Waals surface area contributed by atoms with Gasteiger partial charge in [0.1, 0.15) is 5.60 Å². The molecule has 6 nitrogen and oxygen atoms in total. The zero-order valence-corrected chi connectivity index (χ0v) is 23.3. The van der Waals surface area contributed by atoms with E-state index >= 15 is 0 Å². The van der Waals surface area contributed by atoms with Crippen molar-refractivity contribution in [3.05, 3.63) is 102 Å². The third-order valence-electron chi connectivity index (χ3n) is 7.95. The zero-order chi connectivity index (χ0) is 27.5. The topological polar surface area (TPSA) is 71.0 Å². The summed E-state index contributed by atoms with van der Waals surface area (Å²) in [4.78, 5) is 2.00. The van der Waals surface area contributed by atoms with Gasteiger partial charge in [0.15, 0.2) is 0 Å². The molecule has 38 heavy (non-hydrogen) atoms. The quantitative estimate of drug-likeness (QED) is 0.319. The van der Waals surface area contributed by atoms with Crippen LogP contribution in [-0.4, -0.2) is 51.0 Å². The summed E-state index contributed by atoms with van der Waals surface area (Å²) >= 11 is 0. The van der Waals surface area contributed by atoms with Crippen molar-refractivity contribution in [2.75, 3.05) is 19.0 Å². The van der Waals surface area contributed by atoms with Crippen molar-refractivity contribution in [3.8, 4) is 0 Å². The van der Waals surface area contributed by atoms with E-state index in [-0.39, 0.29) is 6.04 Å². The lowest BCUT2D eigenvalue weighted by Gasteiger charge is -2.47. The molecule has 6 heteroatoms. The Balaban J connectivity index is 1.39. The molecule has 1 fully saturated rings. The molecule has 3 unspecified atom stereocenters. The molecular formula is C32H44N4O2. The molecule has 4 rings (SSSR count). The SMILES string of the molecule is C=CCCC(C(=C)NC)N1Cc2c(CCc3ccc(CN4CC(C)(O)CC(C)(O)C4=C)cc3)cccc2N1. The van der Waals surface area contributed by atoms with Gasteiger partial charge < -0.3 is 25.9 Å². The molecule has 2 heterocycles. The minimum atomic E-state index is -1.10. The molecule has 204 valence electrons. The Bertz CT molecular complexity index is 1170. The number of hydrogen-bond acceptors (Lipinski definition) is 6. The number of allylic oxidation sites excluding steroid dienone is 1. The number of nitrogens with one attached hydrogen (secondary N) is 2. The van der Waals surface area contributed by atoms with Crippen LogP contribution < -0.4 is 10.7 Å². The van der Waals surface area contributed by atoms with E-state index in [4.69, 9.17) is 0 Å². The molecule has 2 aromatic rings. The largest absolute Gasteiger partial charge is 0.391 e. The van der Waals surface area contributed by atoms with E-state index in [1.54, 1.807) is 13.8 Å². The molecule has 2 aliphatic heterocycles. The second-order valence-electron chi connectivity index (χ2n) is 11.4. The Labute approximate surface area is 228 Å². The Kier molecular flexibility index (Phi) is 8.36. The van der Waals surface area contributed by atoms with Gasteiger partial charge in [-0.05, 0) is 67.9 Å². The Morgan fingerprint density at radius 2 is 1.84 bits per heavy atom. The van der Waals surface area contributed by atoms with Crippen molar-refractivity contribution in [3.63, 3.8) is 0 Å². The highest BCUT2D eigenvalue weighted by Gasteiger charge is 2.43. The van der Waals surface area contributed by atoms with Crippen LogP contribution in [0.15, 0.2) is 79.7 Å². The van der Waals surface area contributed by atoms with Crippen LogP contribution >= 0.6 is 0 Å². The number of piperidine rings is 1. The van der Waals surface area contributed by atoms with E-state index in [0.717, 1.165) is 43.5 Å². The lowest BCUT2D eigenvalue weighted by atomic mass is 9.82. The van der Waals surface area contributed by atoms with Crippen LogP contribution in [0.3, 0.4) is 0 Å². The van der Waals surface area contributed by atoms with E-state index in [0.29, 0.717) is 25.2 Å². The summed E-state index contributed by atoms with van der Waals surface area (Å²) in [5.74, 6) is 0. The van der Waals surface area contributed by atoms with Gasteiger partial charge in [-0.1, -0.05) is 55.6 Å². The van der Waals surface area contributed by atoms with Crippen molar-refractivity contribution in [1.29, 1.82) is 0 Å². The summed E-state index contributed by atoms with van der Waals surface area (Å²) in [5.41, 5.74) is 9.57. The average Bonchev–Trinajstić information content (AvgIpc) is 3.30. The van der Waals surface area contributed by atoms with E-state index in [1.165, 1.54) is 22.4 Å². The predicted molar refractivity (Wildman–Crippen MR) is 156 cm³/mol. The summed E-state index contributed by atoms with van der Waals surface area (Å²) in [5, 5.41) is 26.9. The second kappa shape index (κ2) is 11.4. The summed E-state index contributed by atoms with van der Waals surface area (Å²) < 4.78 is 0. The fourth-order valence-corrected chi connectivity index (χ4v) is 5.88. The number of nitrogens with zero attached hydrogens (tertiary/aromatic N) is 2. The van der Waals surface area contributed by atoms with Gasteiger partial charge >= 0.3 is 0 Å². The van der Waals surface area contributed by atoms with Crippen LogP contribution in [0.1, 0.15) is 55.4 Å². The number of hydrazine groups is 1. The molecule has 0 radical (unpaired) electrons. The normalized spacial score (nSPS) is 24.0. The average molecular weight is 517 g/mol. The van der Waals surface area contributed by atoms with Crippen molar-refractivity contribution in [2.24, 2.45) is 0 Å². The number of aryl methyl sites for hydroxylation is 2. The number of rotatable bonds is 11. The summed E-state index contributed by atoms with van der Waals surface area (Å²) in [6.07, 6.45) is 6.09. The first-order chi connectivity index (χ1) is 18.0. The number of β-amino-alcohol motifs (C(OH)–C–C–N with tert-alkyl or cyclic N) is 1. The minimum absolute atomic E-state index is 0.189. The first kappa shape index (κ1) is 28.0. The maximum Gasteiger partial charge on any atom is 0.104 e. The number of hydrogen-bond donors (Lipinski definition) is 4. The molecule has 0 aromatic heterocycles. The van der Waals surface area contributed by atoms with Crippen LogP contribution in [0.25, 0.3) is 0 Å². The van der Waals surface area contributed by atoms with Crippen LogP contribution in [0.5, 0.6) is 0 Å². The van der Waals surface area contributed by atoms with Crippen LogP contribution in [0.2, 0.25) is 0 Å². The second-order valence-corrected chi connectivity index (χ2v) is 11.4. The number of likely N-dealkylation sites (tertiary alicyclic amines) is 1. The van der Waals surface area contributed by atoms with Gasteiger partial charge in [0, 0.05) is 44.5 Å². The molecule has 0 saturated carbocycles. The number of aliphatic hydroxyl groups is 2. The van der Waals surface area contributed by atoms with Gasteiger partial charge in [-0.25, -0.2) is 5.01 Å². The van der Waals surface area contributed by atoms with E-state index in [9.17, 15) is 10.2 Å². The van der Waals surface area contributed by atoms with Gasteiger partial charge in [0.2, 0.25) is 0 Å². The van der Waals surface area contributed by atoms with Gasteiger partial charge in [-0.3, -0.25) is 0 Å².